The fourth-order valence-electron chi connectivity index (χ4n) is 2.97. The number of hydrogen-bond acceptors (Lipinski definition) is 0. The van der Waals surface area contributed by atoms with Gasteiger partial charge in [0.15, 0.2) is 0 Å². The zero-order valence-corrected chi connectivity index (χ0v) is 14.7. The lowest BCUT2D eigenvalue weighted by molar-refractivity contribution is 0.526. The van der Waals surface area contributed by atoms with Crippen LogP contribution in [0.1, 0.15) is 137 Å². The summed E-state index contributed by atoms with van der Waals surface area (Å²) < 4.78 is 0. The van der Waals surface area contributed by atoms with Gasteiger partial charge in [0.05, 0.1) is 0 Å². The summed E-state index contributed by atoms with van der Waals surface area (Å²) in [5, 5.41) is 0. The normalized spacial score (nSPS) is 10.6. The van der Waals surface area contributed by atoms with Crippen molar-refractivity contribution in [3.05, 3.63) is 0 Å². The second-order valence-corrected chi connectivity index (χ2v) is 6.66. The van der Waals surface area contributed by atoms with Gasteiger partial charge in [-0.25, -0.2) is 0 Å². The SMILES string of the molecule is C.CCCCCCCCCCCCCCCCCCCC. The zero-order chi connectivity index (χ0) is 14.7. The quantitative estimate of drug-likeness (QED) is 0.236. The molecule has 0 aromatic rings. The second-order valence-electron chi connectivity index (χ2n) is 6.66. The maximum absolute atomic E-state index is 2.30. The fourth-order valence-corrected chi connectivity index (χ4v) is 2.97. The van der Waals surface area contributed by atoms with E-state index in [1.165, 1.54) is 116 Å². The molecule has 0 heterocycles. The first-order valence-corrected chi connectivity index (χ1v) is 9.91. The lowest BCUT2D eigenvalue weighted by Crippen LogP contribution is -1.83. The Labute approximate surface area is 137 Å². The highest BCUT2D eigenvalue weighted by Crippen LogP contribution is 2.14. The van der Waals surface area contributed by atoms with E-state index in [0.717, 1.165) is 0 Å². The third-order valence-electron chi connectivity index (χ3n) is 4.46. The van der Waals surface area contributed by atoms with Crippen LogP contribution in [-0.4, -0.2) is 0 Å². The van der Waals surface area contributed by atoms with Crippen LogP contribution in [-0.2, 0) is 0 Å². The molecule has 0 rings (SSSR count). The van der Waals surface area contributed by atoms with Crippen molar-refractivity contribution in [3.63, 3.8) is 0 Å². The van der Waals surface area contributed by atoms with Gasteiger partial charge >= 0.3 is 0 Å². The molecule has 0 heteroatoms. The summed E-state index contributed by atoms with van der Waals surface area (Å²) in [6.07, 6.45) is 26.4. The fraction of sp³-hybridized carbons (Fsp3) is 1.00. The Balaban J connectivity index is 0. The molecule has 0 unspecified atom stereocenters. The molecule has 0 N–H and O–H groups in total. The van der Waals surface area contributed by atoms with Gasteiger partial charge in [-0.15, -0.1) is 0 Å². The summed E-state index contributed by atoms with van der Waals surface area (Å²) >= 11 is 0. The third kappa shape index (κ3) is 22.4. The van der Waals surface area contributed by atoms with Crippen LogP contribution >= 0.6 is 0 Å². The van der Waals surface area contributed by atoms with Gasteiger partial charge in [0.1, 0.15) is 0 Å². The molecule has 130 valence electrons. The molecule has 0 bridgehead atoms. The van der Waals surface area contributed by atoms with E-state index < -0.39 is 0 Å². The van der Waals surface area contributed by atoms with Gasteiger partial charge in [0.2, 0.25) is 0 Å². The van der Waals surface area contributed by atoms with Crippen LogP contribution < -0.4 is 0 Å². The van der Waals surface area contributed by atoms with E-state index in [1.807, 2.05) is 0 Å². The summed E-state index contributed by atoms with van der Waals surface area (Å²) in [6.45, 7) is 4.59. The van der Waals surface area contributed by atoms with Crippen LogP contribution in [0.4, 0.5) is 0 Å². The maximum Gasteiger partial charge on any atom is -0.0533 e. The predicted octanol–water partition coefficient (Wildman–Crippen LogP) is 8.68. The molecule has 0 nitrogen and oxygen atoms in total. The van der Waals surface area contributed by atoms with E-state index in [9.17, 15) is 0 Å². The van der Waals surface area contributed by atoms with Gasteiger partial charge in [-0.1, -0.05) is 137 Å². The first-order chi connectivity index (χ1) is 9.91. The van der Waals surface area contributed by atoms with Gasteiger partial charge in [0, 0.05) is 0 Å². The highest BCUT2D eigenvalue weighted by atomic mass is 14.0. The Hall–Kier alpha value is 0. The molecule has 0 aliphatic heterocycles. The average Bonchev–Trinajstić information content (AvgIpc) is 2.47. The molecule has 0 aromatic carbocycles. The van der Waals surface area contributed by atoms with Gasteiger partial charge in [-0.05, 0) is 0 Å². The average molecular weight is 299 g/mol. The van der Waals surface area contributed by atoms with E-state index in [-0.39, 0.29) is 7.43 Å². The highest BCUT2D eigenvalue weighted by molar-refractivity contribution is 4.49. The lowest BCUT2D eigenvalue weighted by Gasteiger charge is -2.03. The Morgan fingerprint density at radius 3 is 0.571 bits per heavy atom. The van der Waals surface area contributed by atoms with Crippen molar-refractivity contribution in [1.29, 1.82) is 0 Å². The van der Waals surface area contributed by atoms with E-state index >= 15 is 0 Å². The van der Waals surface area contributed by atoms with Crippen molar-refractivity contribution in [3.8, 4) is 0 Å². The van der Waals surface area contributed by atoms with E-state index in [0.29, 0.717) is 0 Å². The van der Waals surface area contributed by atoms with Gasteiger partial charge in [-0.2, -0.15) is 0 Å². The summed E-state index contributed by atoms with van der Waals surface area (Å²) in [6, 6.07) is 0. The van der Waals surface area contributed by atoms with Gasteiger partial charge in [0.25, 0.3) is 0 Å². The van der Waals surface area contributed by atoms with E-state index in [2.05, 4.69) is 13.8 Å². The highest BCUT2D eigenvalue weighted by Gasteiger charge is 1.94. The predicted molar refractivity (Wildman–Crippen MR) is 101 cm³/mol. The largest absolute Gasteiger partial charge is 0.0776 e. The van der Waals surface area contributed by atoms with Crippen LogP contribution in [0, 0.1) is 0 Å². The van der Waals surface area contributed by atoms with Crippen molar-refractivity contribution in [2.75, 3.05) is 0 Å². The van der Waals surface area contributed by atoms with Crippen LogP contribution in [0.15, 0.2) is 0 Å². The molecule has 0 amide bonds. The van der Waals surface area contributed by atoms with Crippen LogP contribution in [0.2, 0.25) is 0 Å². The Morgan fingerprint density at radius 2 is 0.429 bits per heavy atom. The molecule has 0 aromatic heterocycles. The molecule has 0 aliphatic carbocycles. The first-order valence-electron chi connectivity index (χ1n) is 9.91. The van der Waals surface area contributed by atoms with Crippen LogP contribution in [0.5, 0.6) is 0 Å². The van der Waals surface area contributed by atoms with Crippen molar-refractivity contribution in [2.45, 2.75) is 137 Å². The molecule has 21 heavy (non-hydrogen) atoms. The first kappa shape index (κ1) is 23.3. The standard InChI is InChI=1S/C20H42.CH4/c1-3-5-7-9-11-13-15-17-19-20-18-16-14-12-10-8-6-4-2;/h3-20H2,1-2H3;1H4. The zero-order valence-electron chi connectivity index (χ0n) is 14.7. The molecule has 0 radical (unpaired) electrons. The minimum atomic E-state index is 0. The Morgan fingerprint density at radius 1 is 0.286 bits per heavy atom. The molecule has 0 spiro atoms. The van der Waals surface area contributed by atoms with Gasteiger partial charge in [-0.3, -0.25) is 0 Å². The minimum Gasteiger partial charge on any atom is -0.0776 e. The topological polar surface area (TPSA) is 0 Å². The monoisotopic (exact) mass is 298 g/mol. The summed E-state index contributed by atoms with van der Waals surface area (Å²) in [5.74, 6) is 0. The van der Waals surface area contributed by atoms with Crippen LogP contribution in [0.25, 0.3) is 0 Å². The van der Waals surface area contributed by atoms with Crippen molar-refractivity contribution >= 4 is 0 Å². The van der Waals surface area contributed by atoms with Crippen molar-refractivity contribution in [1.82, 2.24) is 0 Å². The smallest absolute Gasteiger partial charge is 0.0533 e. The van der Waals surface area contributed by atoms with E-state index in [1.54, 1.807) is 0 Å². The molecule has 0 aliphatic rings. The lowest BCUT2D eigenvalue weighted by atomic mass is 10.0. The van der Waals surface area contributed by atoms with E-state index in [4.69, 9.17) is 0 Å². The number of hydrogen-bond donors (Lipinski definition) is 0. The van der Waals surface area contributed by atoms with Gasteiger partial charge < -0.3 is 0 Å². The van der Waals surface area contributed by atoms with Crippen LogP contribution in [0.3, 0.4) is 0 Å². The summed E-state index contributed by atoms with van der Waals surface area (Å²) in [4.78, 5) is 0. The molecular weight excluding hydrogens is 252 g/mol. The second kappa shape index (κ2) is 22.3. The summed E-state index contributed by atoms with van der Waals surface area (Å²) in [7, 11) is 0. The number of rotatable bonds is 17. The number of unbranched alkanes of at least 4 members (excludes halogenated alkanes) is 17. The molecular formula is C21H46. The minimum absolute atomic E-state index is 0. The van der Waals surface area contributed by atoms with Crippen molar-refractivity contribution in [2.24, 2.45) is 0 Å². The third-order valence-corrected chi connectivity index (χ3v) is 4.46. The Kier molecular flexibility index (Phi) is 24.7. The maximum atomic E-state index is 2.30. The summed E-state index contributed by atoms with van der Waals surface area (Å²) in [5.41, 5.74) is 0. The molecule has 0 saturated heterocycles. The van der Waals surface area contributed by atoms with Crippen molar-refractivity contribution < 1.29 is 0 Å². The molecule has 0 saturated carbocycles. The Bertz CT molecular complexity index is 132. The molecule has 0 atom stereocenters. The molecule has 0 fully saturated rings.